The van der Waals surface area contributed by atoms with Gasteiger partial charge in [0.1, 0.15) is 5.54 Å². The number of likely N-dealkylation sites (tertiary alicyclic amines) is 1. The molecule has 1 aromatic rings. The molecule has 1 fully saturated rings. The summed E-state index contributed by atoms with van der Waals surface area (Å²) < 4.78 is 0. The lowest BCUT2D eigenvalue weighted by Crippen LogP contribution is -2.53. The summed E-state index contributed by atoms with van der Waals surface area (Å²) >= 11 is 0. The zero-order valence-electron chi connectivity index (χ0n) is 12.9. The number of amides is 1. The fourth-order valence-corrected chi connectivity index (χ4v) is 2.50. The number of nitro groups is 1. The first kappa shape index (κ1) is 16.6. The molecule has 7 heteroatoms. The molecule has 0 atom stereocenters. The van der Waals surface area contributed by atoms with E-state index in [4.69, 9.17) is 0 Å². The van der Waals surface area contributed by atoms with Gasteiger partial charge in [0.05, 0.1) is 16.6 Å². The van der Waals surface area contributed by atoms with Crippen molar-refractivity contribution in [2.24, 2.45) is 0 Å². The van der Waals surface area contributed by atoms with Gasteiger partial charge in [-0.05, 0) is 32.0 Å². The summed E-state index contributed by atoms with van der Waals surface area (Å²) in [7, 11) is 1.97. The Morgan fingerprint density at radius 1 is 1.43 bits per heavy atom. The van der Waals surface area contributed by atoms with Gasteiger partial charge < -0.3 is 10.2 Å². The monoisotopic (exact) mass is 314 g/mol. The summed E-state index contributed by atoms with van der Waals surface area (Å²) in [5.41, 5.74) is -0.579. The molecule has 1 aliphatic heterocycles. The minimum Gasteiger partial charge on any atom is -0.334 e. The van der Waals surface area contributed by atoms with Crippen LogP contribution in [0.1, 0.15) is 18.4 Å². The molecular formula is C16H18N4O3. The van der Waals surface area contributed by atoms with E-state index < -0.39 is 16.4 Å². The average Bonchev–Trinajstić information content (AvgIpc) is 2.55. The number of hydrogen-bond donors (Lipinski definition) is 1. The van der Waals surface area contributed by atoms with Crippen molar-refractivity contribution in [2.45, 2.75) is 18.4 Å². The number of benzene rings is 1. The third kappa shape index (κ3) is 4.14. The van der Waals surface area contributed by atoms with Gasteiger partial charge in [-0.1, -0.05) is 12.1 Å². The standard InChI is InChI=1S/C16H18N4O3/c1-19-10-8-16(12-17,9-11-19)18-15(21)7-6-13-4-2-3-5-14(13)20(22)23/h2-7H,8-11H2,1H3,(H,18,21)/b7-6-. The Labute approximate surface area is 134 Å². The number of rotatable bonds is 4. The SMILES string of the molecule is CN1CCC(C#N)(NC(=O)/C=C\c2ccccc2[N+](=O)[O-])CC1. The predicted octanol–water partition coefficient (Wildman–Crippen LogP) is 1.71. The van der Waals surface area contributed by atoms with Crippen LogP contribution in [0, 0.1) is 21.4 Å². The number of piperidine rings is 1. The number of carbonyl (C=O) groups is 1. The minimum absolute atomic E-state index is 0.0640. The summed E-state index contributed by atoms with van der Waals surface area (Å²) in [6, 6.07) is 8.38. The summed E-state index contributed by atoms with van der Waals surface area (Å²) in [6.45, 7) is 1.48. The maximum absolute atomic E-state index is 12.1. The number of para-hydroxylation sites is 1. The van der Waals surface area contributed by atoms with E-state index in [1.165, 1.54) is 18.2 Å². The number of nitro benzene ring substituents is 1. The van der Waals surface area contributed by atoms with Crippen molar-refractivity contribution in [2.75, 3.05) is 20.1 Å². The van der Waals surface area contributed by atoms with Gasteiger partial charge in [0.15, 0.2) is 0 Å². The first-order valence-corrected chi connectivity index (χ1v) is 7.29. The maximum Gasteiger partial charge on any atom is 0.276 e. The highest BCUT2D eigenvalue weighted by atomic mass is 16.6. The van der Waals surface area contributed by atoms with Crippen LogP contribution in [0.25, 0.3) is 6.08 Å². The van der Waals surface area contributed by atoms with Crippen LogP contribution >= 0.6 is 0 Å². The summed E-state index contributed by atoms with van der Waals surface area (Å²) in [6.07, 6.45) is 3.75. The van der Waals surface area contributed by atoms with E-state index in [0.29, 0.717) is 18.4 Å². The highest BCUT2D eigenvalue weighted by molar-refractivity contribution is 5.93. The fourth-order valence-electron chi connectivity index (χ4n) is 2.50. The molecule has 1 N–H and O–H groups in total. The molecule has 1 saturated heterocycles. The van der Waals surface area contributed by atoms with E-state index in [0.717, 1.165) is 13.1 Å². The third-order valence-corrected chi connectivity index (χ3v) is 3.96. The van der Waals surface area contributed by atoms with Crippen LogP contribution in [-0.2, 0) is 4.79 Å². The van der Waals surface area contributed by atoms with Crippen LogP contribution in [0.4, 0.5) is 5.69 Å². The molecule has 0 spiro atoms. The fraction of sp³-hybridized carbons (Fsp3) is 0.375. The second-order valence-corrected chi connectivity index (χ2v) is 5.64. The van der Waals surface area contributed by atoms with Gasteiger partial charge in [-0.25, -0.2) is 0 Å². The first-order chi connectivity index (χ1) is 11.0. The molecular weight excluding hydrogens is 296 g/mol. The van der Waals surface area contributed by atoms with Crippen molar-refractivity contribution in [3.05, 3.63) is 46.0 Å². The topological polar surface area (TPSA) is 99.3 Å². The van der Waals surface area contributed by atoms with Crippen molar-refractivity contribution in [3.63, 3.8) is 0 Å². The number of nitriles is 1. The Morgan fingerprint density at radius 3 is 2.70 bits per heavy atom. The van der Waals surface area contributed by atoms with Gasteiger partial charge in [0.2, 0.25) is 5.91 Å². The number of hydrogen-bond acceptors (Lipinski definition) is 5. The van der Waals surface area contributed by atoms with E-state index in [1.54, 1.807) is 18.2 Å². The lowest BCUT2D eigenvalue weighted by molar-refractivity contribution is -0.385. The van der Waals surface area contributed by atoms with Crippen LogP contribution in [-0.4, -0.2) is 41.4 Å². The van der Waals surface area contributed by atoms with E-state index in [9.17, 15) is 20.2 Å². The lowest BCUT2D eigenvalue weighted by atomic mass is 9.89. The molecule has 0 saturated carbocycles. The average molecular weight is 314 g/mol. The third-order valence-electron chi connectivity index (χ3n) is 3.96. The van der Waals surface area contributed by atoms with Crippen molar-refractivity contribution in [1.82, 2.24) is 10.2 Å². The van der Waals surface area contributed by atoms with Gasteiger partial charge in [0.25, 0.3) is 5.69 Å². The number of nitrogens with one attached hydrogen (secondary N) is 1. The van der Waals surface area contributed by atoms with Crippen molar-refractivity contribution in [1.29, 1.82) is 5.26 Å². The molecule has 23 heavy (non-hydrogen) atoms. The summed E-state index contributed by atoms with van der Waals surface area (Å²) in [5.74, 6) is -0.422. The molecule has 0 radical (unpaired) electrons. The molecule has 0 aromatic heterocycles. The van der Waals surface area contributed by atoms with Crippen LogP contribution in [0.15, 0.2) is 30.3 Å². The first-order valence-electron chi connectivity index (χ1n) is 7.29. The smallest absolute Gasteiger partial charge is 0.276 e. The zero-order chi connectivity index (χ0) is 16.9. The highest BCUT2D eigenvalue weighted by Crippen LogP contribution is 2.21. The van der Waals surface area contributed by atoms with Gasteiger partial charge in [-0.2, -0.15) is 5.26 Å². The van der Waals surface area contributed by atoms with E-state index >= 15 is 0 Å². The van der Waals surface area contributed by atoms with E-state index in [-0.39, 0.29) is 5.69 Å². The molecule has 0 unspecified atom stereocenters. The molecule has 1 aliphatic rings. The molecule has 120 valence electrons. The van der Waals surface area contributed by atoms with Gasteiger partial charge >= 0.3 is 0 Å². The second kappa shape index (κ2) is 7.03. The quantitative estimate of drug-likeness (QED) is 0.518. The Hall–Kier alpha value is -2.72. The number of nitrogens with zero attached hydrogens (tertiary/aromatic N) is 3. The predicted molar refractivity (Wildman–Crippen MR) is 85.3 cm³/mol. The summed E-state index contributed by atoms with van der Waals surface area (Å²) in [5, 5.41) is 23.1. The van der Waals surface area contributed by atoms with Crippen LogP contribution < -0.4 is 5.32 Å². The molecule has 7 nitrogen and oxygen atoms in total. The van der Waals surface area contributed by atoms with Crippen molar-refractivity contribution < 1.29 is 9.72 Å². The Bertz CT molecular complexity index is 670. The molecule has 0 aliphatic carbocycles. The van der Waals surface area contributed by atoms with Crippen molar-refractivity contribution in [3.8, 4) is 6.07 Å². The Balaban J connectivity index is 2.08. The molecule has 1 heterocycles. The van der Waals surface area contributed by atoms with Gasteiger partial charge in [-0.15, -0.1) is 0 Å². The molecule has 2 rings (SSSR count). The van der Waals surface area contributed by atoms with Gasteiger partial charge in [-0.3, -0.25) is 14.9 Å². The van der Waals surface area contributed by atoms with Crippen LogP contribution in [0.5, 0.6) is 0 Å². The lowest BCUT2D eigenvalue weighted by Gasteiger charge is -2.35. The zero-order valence-corrected chi connectivity index (χ0v) is 12.9. The van der Waals surface area contributed by atoms with Crippen LogP contribution in [0.3, 0.4) is 0 Å². The van der Waals surface area contributed by atoms with Gasteiger partial charge in [0, 0.05) is 25.2 Å². The summed E-state index contributed by atoms with van der Waals surface area (Å²) in [4.78, 5) is 24.6. The normalized spacial score (nSPS) is 17.6. The number of carbonyl (C=O) groups excluding carboxylic acids is 1. The molecule has 1 aromatic carbocycles. The highest BCUT2D eigenvalue weighted by Gasteiger charge is 2.34. The Kier molecular flexibility index (Phi) is 5.09. The van der Waals surface area contributed by atoms with Crippen LogP contribution in [0.2, 0.25) is 0 Å². The maximum atomic E-state index is 12.1. The molecule has 0 bridgehead atoms. The Morgan fingerprint density at radius 2 is 2.09 bits per heavy atom. The second-order valence-electron chi connectivity index (χ2n) is 5.64. The van der Waals surface area contributed by atoms with Crippen molar-refractivity contribution >= 4 is 17.7 Å². The minimum atomic E-state index is -0.865. The molecule has 1 amide bonds. The largest absolute Gasteiger partial charge is 0.334 e. The van der Waals surface area contributed by atoms with E-state index in [1.807, 2.05) is 7.05 Å². The van der Waals surface area contributed by atoms with E-state index in [2.05, 4.69) is 16.3 Å².